The zero-order chi connectivity index (χ0) is 25.9. The summed E-state index contributed by atoms with van der Waals surface area (Å²) in [4.78, 5) is 44.5. The van der Waals surface area contributed by atoms with Gasteiger partial charge in [0.25, 0.3) is 11.8 Å². The van der Waals surface area contributed by atoms with Crippen LogP contribution in [-0.2, 0) is 17.9 Å². The lowest BCUT2D eigenvalue weighted by molar-refractivity contribution is -0.119. The van der Waals surface area contributed by atoms with E-state index in [9.17, 15) is 14.4 Å². The average molecular weight is 516 g/mol. The molecule has 0 fully saturated rings. The first-order chi connectivity index (χ1) is 17.9. The maximum absolute atomic E-state index is 13.5. The molecule has 3 amide bonds. The molecule has 37 heavy (non-hydrogen) atoms. The van der Waals surface area contributed by atoms with Crippen molar-refractivity contribution in [3.8, 4) is 5.75 Å². The van der Waals surface area contributed by atoms with Crippen molar-refractivity contribution >= 4 is 35.0 Å². The highest BCUT2D eigenvalue weighted by Gasteiger charge is 2.31. The van der Waals surface area contributed by atoms with E-state index in [4.69, 9.17) is 16.3 Å². The number of nitrogens with zero attached hydrogens (tertiary/aromatic N) is 3. The van der Waals surface area contributed by atoms with Crippen molar-refractivity contribution in [1.29, 1.82) is 0 Å². The highest BCUT2D eigenvalue weighted by Crippen LogP contribution is 2.34. The molecule has 0 N–H and O–H groups in total. The summed E-state index contributed by atoms with van der Waals surface area (Å²) in [6.45, 7) is 1.67. The van der Waals surface area contributed by atoms with E-state index in [-0.39, 0.29) is 30.8 Å². The van der Waals surface area contributed by atoms with Crippen molar-refractivity contribution in [2.75, 3.05) is 31.6 Å². The molecular formula is C29H26ClN3O4. The first-order valence-electron chi connectivity index (χ1n) is 12.0. The van der Waals surface area contributed by atoms with Gasteiger partial charge in [0.05, 0.1) is 25.9 Å². The topological polar surface area (TPSA) is 70.2 Å². The highest BCUT2D eigenvalue weighted by molar-refractivity contribution is 6.30. The molecule has 2 aliphatic rings. The van der Waals surface area contributed by atoms with Gasteiger partial charge in [-0.3, -0.25) is 14.4 Å². The number of fused-ring (bicyclic) bond motifs is 1. The summed E-state index contributed by atoms with van der Waals surface area (Å²) in [6.07, 6.45) is 3.95. The number of carbonyl (C=O) groups is 3. The smallest absolute Gasteiger partial charge is 0.254 e. The number of hydrogen-bond donors (Lipinski definition) is 0. The van der Waals surface area contributed by atoms with Gasteiger partial charge in [-0.2, -0.15) is 0 Å². The molecule has 188 valence electrons. The number of benzene rings is 3. The van der Waals surface area contributed by atoms with Gasteiger partial charge in [0.1, 0.15) is 12.3 Å². The highest BCUT2D eigenvalue weighted by atomic mass is 35.5. The number of anilines is 1. The van der Waals surface area contributed by atoms with Gasteiger partial charge >= 0.3 is 0 Å². The Morgan fingerprint density at radius 2 is 1.46 bits per heavy atom. The van der Waals surface area contributed by atoms with E-state index in [0.717, 1.165) is 11.1 Å². The summed E-state index contributed by atoms with van der Waals surface area (Å²) in [7, 11) is 1.57. The Kier molecular flexibility index (Phi) is 6.97. The molecular weight excluding hydrogens is 490 g/mol. The van der Waals surface area contributed by atoms with Crippen LogP contribution >= 0.6 is 11.6 Å². The SMILES string of the molecule is COc1cccc2c1CN(C(=O)c1ccc(Cl)cc1)CC(=O)N2Cc1ccc(C(=O)N2CC=CC2)cc1. The third-order valence-corrected chi connectivity index (χ3v) is 6.87. The van der Waals surface area contributed by atoms with Crippen molar-refractivity contribution in [2.24, 2.45) is 0 Å². The van der Waals surface area contributed by atoms with E-state index in [1.807, 2.05) is 42.5 Å². The summed E-state index contributed by atoms with van der Waals surface area (Å²) in [5, 5.41) is 0.534. The lowest BCUT2D eigenvalue weighted by Crippen LogP contribution is -2.39. The van der Waals surface area contributed by atoms with Crippen molar-refractivity contribution in [3.05, 3.63) is 106 Å². The molecule has 3 aromatic carbocycles. The van der Waals surface area contributed by atoms with Gasteiger partial charge < -0.3 is 19.4 Å². The number of amides is 3. The van der Waals surface area contributed by atoms with Crippen LogP contribution in [0.25, 0.3) is 0 Å². The second-order valence-corrected chi connectivity index (χ2v) is 9.42. The van der Waals surface area contributed by atoms with E-state index in [1.54, 1.807) is 53.3 Å². The van der Waals surface area contributed by atoms with Crippen LogP contribution in [0.1, 0.15) is 31.8 Å². The first-order valence-corrected chi connectivity index (χ1v) is 12.4. The third kappa shape index (κ3) is 5.08. The molecule has 7 nitrogen and oxygen atoms in total. The number of hydrogen-bond acceptors (Lipinski definition) is 4. The van der Waals surface area contributed by atoms with Crippen molar-refractivity contribution in [1.82, 2.24) is 9.80 Å². The molecule has 0 bridgehead atoms. The molecule has 8 heteroatoms. The number of ether oxygens (including phenoxy) is 1. The fourth-order valence-corrected chi connectivity index (χ4v) is 4.77. The van der Waals surface area contributed by atoms with Crippen LogP contribution in [-0.4, -0.2) is 54.3 Å². The zero-order valence-corrected chi connectivity index (χ0v) is 21.1. The summed E-state index contributed by atoms with van der Waals surface area (Å²) < 4.78 is 5.60. The monoisotopic (exact) mass is 515 g/mol. The predicted octanol–water partition coefficient (Wildman–Crippen LogP) is 4.55. The second-order valence-electron chi connectivity index (χ2n) is 8.98. The van der Waals surface area contributed by atoms with Crippen LogP contribution in [0.4, 0.5) is 5.69 Å². The van der Waals surface area contributed by atoms with Gasteiger partial charge in [-0.1, -0.05) is 42.0 Å². The zero-order valence-electron chi connectivity index (χ0n) is 20.4. The molecule has 0 spiro atoms. The lowest BCUT2D eigenvalue weighted by Gasteiger charge is -2.24. The Balaban J connectivity index is 1.42. The number of methoxy groups -OCH3 is 1. The van der Waals surface area contributed by atoms with Crippen molar-refractivity contribution in [3.63, 3.8) is 0 Å². The van der Waals surface area contributed by atoms with Gasteiger partial charge in [-0.05, 0) is 54.1 Å². The maximum Gasteiger partial charge on any atom is 0.254 e. The fourth-order valence-electron chi connectivity index (χ4n) is 4.64. The van der Waals surface area contributed by atoms with E-state index in [2.05, 4.69) is 0 Å². The van der Waals surface area contributed by atoms with Crippen molar-refractivity contribution in [2.45, 2.75) is 13.1 Å². The molecule has 0 unspecified atom stereocenters. The van der Waals surface area contributed by atoms with Crippen LogP contribution in [0.2, 0.25) is 5.02 Å². The molecule has 0 atom stereocenters. The minimum atomic E-state index is -0.261. The Morgan fingerprint density at radius 3 is 2.11 bits per heavy atom. The lowest BCUT2D eigenvalue weighted by atomic mass is 10.1. The predicted molar refractivity (Wildman–Crippen MR) is 142 cm³/mol. The molecule has 0 aromatic heterocycles. The number of rotatable bonds is 5. The van der Waals surface area contributed by atoms with Crippen LogP contribution in [0, 0.1) is 0 Å². The molecule has 5 rings (SSSR count). The molecule has 3 aromatic rings. The van der Waals surface area contributed by atoms with Crippen LogP contribution in [0.5, 0.6) is 5.75 Å². The molecule has 2 aliphatic heterocycles. The standard InChI is InChI=1S/C29H26ClN3O4/c1-37-26-6-4-5-25-24(26)18-32(29(36)22-11-13-23(30)14-12-22)19-27(34)33(25)17-20-7-9-21(10-8-20)28(35)31-15-2-3-16-31/h2-14H,15-19H2,1H3. The van der Waals surface area contributed by atoms with Crippen molar-refractivity contribution < 1.29 is 19.1 Å². The van der Waals surface area contributed by atoms with Gasteiger partial charge in [-0.25, -0.2) is 0 Å². The minimum Gasteiger partial charge on any atom is -0.496 e. The third-order valence-electron chi connectivity index (χ3n) is 6.62. The quantitative estimate of drug-likeness (QED) is 0.467. The van der Waals surface area contributed by atoms with Gasteiger partial charge in [0.15, 0.2) is 0 Å². The van der Waals surface area contributed by atoms with E-state index < -0.39 is 0 Å². The van der Waals surface area contributed by atoms with E-state index in [0.29, 0.717) is 47.2 Å². The largest absolute Gasteiger partial charge is 0.496 e. The second kappa shape index (κ2) is 10.5. The fraction of sp³-hybridized carbons (Fsp3) is 0.207. The Morgan fingerprint density at radius 1 is 0.838 bits per heavy atom. The van der Waals surface area contributed by atoms with Crippen LogP contribution in [0.15, 0.2) is 78.9 Å². The Labute approximate surface area is 220 Å². The summed E-state index contributed by atoms with van der Waals surface area (Å²) >= 11 is 5.99. The maximum atomic E-state index is 13.5. The van der Waals surface area contributed by atoms with Gasteiger partial charge in [0, 0.05) is 34.8 Å². The van der Waals surface area contributed by atoms with E-state index >= 15 is 0 Å². The molecule has 2 heterocycles. The minimum absolute atomic E-state index is 0.0196. The first kappa shape index (κ1) is 24.6. The van der Waals surface area contributed by atoms with Gasteiger partial charge in [0.2, 0.25) is 5.91 Å². The number of carbonyl (C=O) groups excluding carboxylic acids is 3. The normalized spacial score (nSPS) is 15.0. The van der Waals surface area contributed by atoms with Crippen LogP contribution < -0.4 is 9.64 Å². The number of halogens is 1. The van der Waals surface area contributed by atoms with E-state index in [1.165, 1.54) is 4.90 Å². The summed E-state index contributed by atoms with van der Waals surface area (Å²) in [6, 6.07) is 19.5. The molecule has 0 radical (unpaired) electrons. The Hall–Kier alpha value is -4.10. The molecule has 0 saturated carbocycles. The Bertz CT molecular complexity index is 1360. The molecule has 0 aliphatic carbocycles. The average Bonchev–Trinajstić information content (AvgIpc) is 3.42. The summed E-state index contributed by atoms with van der Waals surface area (Å²) in [5.41, 5.74) is 3.38. The summed E-state index contributed by atoms with van der Waals surface area (Å²) in [5.74, 6) is 0.112. The van der Waals surface area contributed by atoms with Gasteiger partial charge in [-0.15, -0.1) is 0 Å². The molecule has 0 saturated heterocycles. The van der Waals surface area contributed by atoms with Crippen LogP contribution in [0.3, 0.4) is 0 Å².